The summed E-state index contributed by atoms with van der Waals surface area (Å²) in [5.74, 6) is -2.15. The summed E-state index contributed by atoms with van der Waals surface area (Å²) in [7, 11) is 0.748. The van der Waals surface area contributed by atoms with Crippen LogP contribution >= 0.6 is 0 Å². The highest BCUT2D eigenvalue weighted by Crippen LogP contribution is 2.34. The largest absolute Gasteiger partial charge is 0.464 e. The second-order valence-corrected chi connectivity index (χ2v) is 5.39. The van der Waals surface area contributed by atoms with Crippen molar-refractivity contribution in [3.8, 4) is 5.75 Å². The smallest absolute Gasteiger partial charge is 0.460 e. The van der Waals surface area contributed by atoms with Crippen molar-refractivity contribution >= 4 is 17.8 Å². The van der Waals surface area contributed by atoms with E-state index in [-0.39, 0.29) is 11.6 Å². The van der Waals surface area contributed by atoms with Crippen molar-refractivity contribution in [2.24, 2.45) is 0 Å². The monoisotopic (exact) mass is 383 g/mol. The highest BCUT2D eigenvalue weighted by molar-refractivity contribution is 5.93. The summed E-state index contributed by atoms with van der Waals surface area (Å²) in [5, 5.41) is 3.63. The number of ether oxygens (including phenoxy) is 2. The Balaban J connectivity index is 2.34. The predicted molar refractivity (Wildman–Crippen MR) is 89.0 cm³/mol. The molecule has 144 valence electrons. The lowest BCUT2D eigenvalue weighted by atomic mass is 10.2. The molecule has 0 saturated carbocycles. The average Bonchev–Trinajstić information content (AvgIpc) is 2.62. The summed E-state index contributed by atoms with van der Waals surface area (Å²) in [5.41, 5.74) is -2.97. The van der Waals surface area contributed by atoms with Crippen LogP contribution in [0, 0.1) is 6.92 Å². The number of halogens is 3. The number of alkyl halides is 3. The van der Waals surface area contributed by atoms with E-state index in [0.717, 1.165) is 12.7 Å². The van der Waals surface area contributed by atoms with E-state index in [1.54, 1.807) is 19.1 Å². The first-order valence-corrected chi connectivity index (χ1v) is 7.59. The molecule has 0 aliphatic rings. The van der Waals surface area contributed by atoms with Gasteiger partial charge in [0, 0.05) is 6.20 Å². The number of rotatable bonds is 5. The Bertz CT molecular complexity index is 797. The topological polar surface area (TPSA) is 89.5 Å². The minimum absolute atomic E-state index is 0.0150. The molecule has 0 saturated heterocycles. The summed E-state index contributed by atoms with van der Waals surface area (Å²) in [6.45, 7) is 1.75. The van der Waals surface area contributed by atoms with Gasteiger partial charge in [-0.15, -0.1) is 0 Å². The summed E-state index contributed by atoms with van der Waals surface area (Å²) >= 11 is 0. The molecule has 27 heavy (non-hydrogen) atoms. The van der Waals surface area contributed by atoms with Gasteiger partial charge in [-0.25, -0.2) is 14.6 Å². The van der Waals surface area contributed by atoms with Gasteiger partial charge < -0.3 is 9.47 Å². The van der Waals surface area contributed by atoms with Crippen LogP contribution in [0.5, 0.6) is 5.75 Å². The van der Waals surface area contributed by atoms with E-state index >= 15 is 0 Å². The lowest BCUT2D eigenvalue weighted by Gasteiger charge is -2.33. The Kier molecular flexibility index (Phi) is 5.88. The minimum atomic E-state index is -5.33. The fourth-order valence-electron chi connectivity index (χ4n) is 2.02. The highest BCUT2D eigenvalue weighted by Gasteiger charge is 2.66. The van der Waals surface area contributed by atoms with Crippen LogP contribution in [0.3, 0.4) is 0 Å². The van der Waals surface area contributed by atoms with Crippen molar-refractivity contribution < 1.29 is 32.2 Å². The molecule has 1 heterocycles. The number of amides is 2. The van der Waals surface area contributed by atoms with E-state index in [2.05, 4.69) is 15.0 Å². The first-order chi connectivity index (χ1) is 12.7. The first kappa shape index (κ1) is 20.0. The number of methoxy groups -OCH3 is 1. The van der Waals surface area contributed by atoms with Gasteiger partial charge in [-0.3, -0.25) is 10.6 Å². The molecule has 2 aromatic rings. The number of hydrogen-bond donors (Lipinski definition) is 2. The van der Waals surface area contributed by atoms with E-state index in [1.807, 2.05) is 0 Å². The number of carbonyl (C=O) groups excluding carboxylic acids is 2. The second-order valence-electron chi connectivity index (χ2n) is 5.39. The maximum atomic E-state index is 13.8. The van der Waals surface area contributed by atoms with Crippen LogP contribution in [0.1, 0.15) is 5.56 Å². The molecule has 0 radical (unpaired) electrons. The Hall–Kier alpha value is -3.30. The number of anilines is 1. The van der Waals surface area contributed by atoms with E-state index in [9.17, 15) is 22.8 Å². The van der Waals surface area contributed by atoms with Crippen molar-refractivity contribution in [1.82, 2.24) is 10.3 Å². The normalized spacial score (nSPS) is 13.2. The van der Waals surface area contributed by atoms with Crippen LogP contribution in [0.15, 0.2) is 48.7 Å². The molecule has 1 aromatic heterocycles. The number of nitrogens with one attached hydrogen (secondary N) is 2. The third-order valence-corrected chi connectivity index (χ3v) is 3.33. The van der Waals surface area contributed by atoms with E-state index in [1.165, 1.54) is 41.8 Å². The number of benzene rings is 1. The molecule has 10 heteroatoms. The number of carbonyl (C=O) groups is 2. The number of aromatic nitrogens is 1. The molecule has 7 nitrogen and oxygen atoms in total. The Morgan fingerprint density at radius 2 is 1.74 bits per heavy atom. The molecular formula is C17H16F3N3O4. The summed E-state index contributed by atoms with van der Waals surface area (Å²) in [6.07, 6.45) is -3.92. The molecule has 2 N–H and O–H groups in total. The number of hydrogen-bond acceptors (Lipinski definition) is 5. The molecule has 1 atom stereocenters. The molecule has 2 rings (SSSR count). The van der Waals surface area contributed by atoms with Crippen molar-refractivity contribution in [2.75, 3.05) is 12.4 Å². The zero-order valence-electron chi connectivity index (χ0n) is 14.3. The van der Waals surface area contributed by atoms with Crippen LogP contribution < -0.4 is 15.4 Å². The molecule has 0 fully saturated rings. The molecular weight excluding hydrogens is 367 g/mol. The number of nitrogens with zero attached hydrogens (tertiary/aromatic N) is 1. The van der Waals surface area contributed by atoms with Crippen LogP contribution in [0.2, 0.25) is 0 Å². The fourth-order valence-corrected chi connectivity index (χ4v) is 2.02. The summed E-state index contributed by atoms with van der Waals surface area (Å²) in [6, 6.07) is 8.39. The van der Waals surface area contributed by atoms with Crippen molar-refractivity contribution in [3.05, 3.63) is 54.2 Å². The Morgan fingerprint density at radius 3 is 2.26 bits per heavy atom. The van der Waals surface area contributed by atoms with Crippen molar-refractivity contribution in [3.63, 3.8) is 0 Å². The summed E-state index contributed by atoms with van der Waals surface area (Å²) < 4.78 is 50.4. The van der Waals surface area contributed by atoms with Gasteiger partial charge in [-0.2, -0.15) is 13.2 Å². The molecule has 0 aliphatic heterocycles. The fraction of sp³-hybridized carbons (Fsp3) is 0.235. The Labute approximate surface area is 152 Å². The third-order valence-electron chi connectivity index (χ3n) is 3.33. The second kappa shape index (κ2) is 7.94. The van der Waals surface area contributed by atoms with Gasteiger partial charge in [0.15, 0.2) is 0 Å². The van der Waals surface area contributed by atoms with Gasteiger partial charge in [0.2, 0.25) is 0 Å². The lowest BCUT2D eigenvalue weighted by molar-refractivity contribution is -0.258. The highest BCUT2D eigenvalue weighted by atomic mass is 19.4. The van der Waals surface area contributed by atoms with E-state index < -0.39 is 23.9 Å². The molecule has 0 spiro atoms. The zero-order chi connectivity index (χ0) is 20.1. The van der Waals surface area contributed by atoms with Gasteiger partial charge in [0.05, 0.1) is 7.11 Å². The number of pyridine rings is 1. The quantitative estimate of drug-likeness (QED) is 0.612. The number of aryl methyl sites for hydroxylation is 1. The van der Waals surface area contributed by atoms with Crippen molar-refractivity contribution in [1.29, 1.82) is 0 Å². The SMILES string of the molecule is COC(=O)[C@@](NC(=O)Nc1ccc(C)cn1)(Oc1ccccc1)C(F)(F)F. The molecule has 0 aliphatic carbocycles. The van der Waals surface area contributed by atoms with Crippen LogP contribution in [-0.4, -0.2) is 36.0 Å². The average molecular weight is 383 g/mol. The van der Waals surface area contributed by atoms with Gasteiger partial charge in [-0.05, 0) is 30.7 Å². The number of para-hydroxylation sites is 1. The van der Waals surface area contributed by atoms with Crippen LogP contribution in [-0.2, 0) is 9.53 Å². The predicted octanol–water partition coefficient (Wildman–Crippen LogP) is 3.02. The molecule has 2 amide bonds. The van der Waals surface area contributed by atoms with Crippen LogP contribution in [0.25, 0.3) is 0 Å². The Morgan fingerprint density at radius 1 is 1.07 bits per heavy atom. The minimum Gasteiger partial charge on any atom is -0.464 e. The standard InChI is InChI=1S/C17H16F3N3O4/c1-11-8-9-13(21-10-11)22-15(25)23-16(14(24)26-2,17(18,19)20)27-12-6-4-3-5-7-12/h3-10H,1-2H3,(H2,21,22,23,25)/t16-/m1/s1. The van der Waals surface area contributed by atoms with E-state index in [4.69, 9.17) is 4.74 Å². The molecule has 0 bridgehead atoms. The van der Waals surface area contributed by atoms with Gasteiger partial charge in [0.1, 0.15) is 11.6 Å². The van der Waals surface area contributed by atoms with E-state index in [0.29, 0.717) is 0 Å². The maximum absolute atomic E-state index is 13.8. The van der Waals surface area contributed by atoms with Crippen LogP contribution in [0.4, 0.5) is 23.8 Å². The lowest BCUT2D eigenvalue weighted by Crippen LogP contribution is -2.68. The summed E-state index contributed by atoms with van der Waals surface area (Å²) in [4.78, 5) is 28.0. The number of esters is 1. The third kappa shape index (κ3) is 4.66. The van der Waals surface area contributed by atoms with Gasteiger partial charge in [-0.1, -0.05) is 24.3 Å². The van der Waals surface area contributed by atoms with Gasteiger partial charge in [0.25, 0.3) is 0 Å². The first-order valence-electron chi connectivity index (χ1n) is 7.59. The van der Waals surface area contributed by atoms with Crippen molar-refractivity contribution in [2.45, 2.75) is 18.8 Å². The molecule has 1 aromatic carbocycles. The zero-order valence-corrected chi connectivity index (χ0v) is 14.3. The van der Waals surface area contributed by atoms with Gasteiger partial charge >= 0.3 is 23.9 Å². The molecule has 0 unspecified atom stereocenters. The number of urea groups is 1. The maximum Gasteiger partial charge on any atom is 0.460 e.